The number of rotatable bonds is 7. The van der Waals surface area contributed by atoms with Crippen molar-refractivity contribution in [2.75, 3.05) is 19.6 Å². The predicted octanol–water partition coefficient (Wildman–Crippen LogP) is 6.72. The summed E-state index contributed by atoms with van der Waals surface area (Å²) in [5.41, 5.74) is 2.54. The van der Waals surface area contributed by atoms with Crippen LogP contribution in [0.4, 0.5) is 0 Å². The van der Waals surface area contributed by atoms with E-state index in [0.717, 1.165) is 24.0 Å². The lowest BCUT2D eigenvalue weighted by Crippen LogP contribution is -2.47. The Kier molecular flexibility index (Phi) is 7.97. The maximum absolute atomic E-state index is 13.7. The van der Waals surface area contributed by atoms with E-state index in [1.807, 2.05) is 29.2 Å². The minimum Gasteiger partial charge on any atom is -0.330 e. The Morgan fingerprint density at radius 2 is 1.85 bits per heavy atom. The molecule has 2 heterocycles. The molecule has 0 aliphatic carbocycles. The van der Waals surface area contributed by atoms with Crippen LogP contribution in [0.5, 0.6) is 0 Å². The Bertz CT molecular complexity index is 1160. The minimum absolute atomic E-state index is 0.0294. The van der Waals surface area contributed by atoms with Gasteiger partial charge in [0.15, 0.2) is 0 Å². The van der Waals surface area contributed by atoms with Crippen LogP contribution in [0.1, 0.15) is 52.7 Å². The lowest BCUT2D eigenvalue weighted by Gasteiger charge is -2.38. The first-order valence-electron chi connectivity index (χ1n) is 11.5. The summed E-state index contributed by atoms with van der Waals surface area (Å²) in [6, 6.07) is 16.4. The summed E-state index contributed by atoms with van der Waals surface area (Å²) in [4.78, 5) is 31.9. The fraction of sp³-hybridized carbons (Fsp3) is 0.333. The molecule has 0 saturated heterocycles. The molecule has 0 spiro atoms. The summed E-state index contributed by atoms with van der Waals surface area (Å²) in [7, 11) is 0. The topological polar surface area (TPSA) is 40.6 Å². The molecule has 4 rings (SSSR count). The molecule has 178 valence electrons. The fourth-order valence-corrected chi connectivity index (χ4v) is 5.74. The standard InChI is InChI=1S/C27H28Cl2N2O2S/c1-18(2)10-13-30(27(33)19-6-4-3-5-7-19)17-25(32)31-14-11-24-22(12-15-34-24)26(31)21-9-8-20(28)16-23(21)29/h3-9,12,15-16,18,26H,10-11,13-14,17H2,1-2H3. The molecule has 34 heavy (non-hydrogen) atoms. The Hall–Kier alpha value is -2.34. The Balaban J connectivity index is 1.64. The molecular formula is C27H28Cl2N2O2S. The zero-order chi connectivity index (χ0) is 24.2. The fourth-order valence-electron chi connectivity index (χ4n) is 4.33. The monoisotopic (exact) mass is 514 g/mol. The summed E-state index contributed by atoms with van der Waals surface area (Å²) < 4.78 is 0. The average Bonchev–Trinajstić information content (AvgIpc) is 3.30. The van der Waals surface area contributed by atoms with Crippen molar-refractivity contribution in [1.82, 2.24) is 9.80 Å². The summed E-state index contributed by atoms with van der Waals surface area (Å²) in [5.74, 6) is 0.218. The van der Waals surface area contributed by atoms with Gasteiger partial charge in [0.05, 0.1) is 6.04 Å². The van der Waals surface area contributed by atoms with Crippen molar-refractivity contribution in [2.45, 2.75) is 32.7 Å². The van der Waals surface area contributed by atoms with Crippen LogP contribution in [0.3, 0.4) is 0 Å². The first kappa shape index (κ1) is 24.8. The molecule has 1 aliphatic heterocycles. The molecular weight excluding hydrogens is 487 g/mol. The third kappa shape index (κ3) is 5.48. The number of thiophene rings is 1. The van der Waals surface area contributed by atoms with Gasteiger partial charge < -0.3 is 9.80 Å². The van der Waals surface area contributed by atoms with Gasteiger partial charge in [-0.25, -0.2) is 0 Å². The third-order valence-corrected chi connectivity index (χ3v) is 7.71. The zero-order valence-corrected chi connectivity index (χ0v) is 21.7. The smallest absolute Gasteiger partial charge is 0.254 e. The van der Waals surface area contributed by atoms with Gasteiger partial charge >= 0.3 is 0 Å². The number of hydrogen-bond acceptors (Lipinski definition) is 3. The molecule has 0 fully saturated rings. The number of carbonyl (C=O) groups is 2. The van der Waals surface area contributed by atoms with Gasteiger partial charge in [-0.3, -0.25) is 9.59 Å². The van der Waals surface area contributed by atoms with Crippen molar-refractivity contribution in [3.63, 3.8) is 0 Å². The molecule has 0 N–H and O–H groups in total. The van der Waals surface area contributed by atoms with E-state index in [0.29, 0.717) is 34.6 Å². The highest BCUT2D eigenvalue weighted by Gasteiger charge is 2.35. The number of carbonyl (C=O) groups excluding carboxylic acids is 2. The highest BCUT2D eigenvalue weighted by molar-refractivity contribution is 7.10. The molecule has 2 aromatic carbocycles. The van der Waals surface area contributed by atoms with Crippen LogP contribution in [0.25, 0.3) is 0 Å². The predicted molar refractivity (Wildman–Crippen MR) is 140 cm³/mol. The number of halogens is 2. The summed E-state index contributed by atoms with van der Waals surface area (Å²) >= 11 is 14.5. The minimum atomic E-state index is -0.300. The summed E-state index contributed by atoms with van der Waals surface area (Å²) in [6.07, 6.45) is 1.62. The third-order valence-electron chi connectivity index (χ3n) is 6.15. The van der Waals surface area contributed by atoms with Gasteiger partial charge in [0.2, 0.25) is 5.91 Å². The van der Waals surface area contributed by atoms with Crippen LogP contribution in [0, 0.1) is 5.92 Å². The van der Waals surface area contributed by atoms with Crippen LogP contribution in [0.2, 0.25) is 10.0 Å². The average molecular weight is 516 g/mol. The van der Waals surface area contributed by atoms with Gasteiger partial charge in [0, 0.05) is 33.6 Å². The quantitative estimate of drug-likeness (QED) is 0.351. The van der Waals surface area contributed by atoms with E-state index in [4.69, 9.17) is 23.2 Å². The molecule has 1 aromatic heterocycles. The van der Waals surface area contributed by atoms with E-state index in [9.17, 15) is 9.59 Å². The van der Waals surface area contributed by atoms with E-state index >= 15 is 0 Å². The van der Waals surface area contributed by atoms with Crippen LogP contribution in [-0.4, -0.2) is 41.2 Å². The molecule has 1 atom stereocenters. The Morgan fingerprint density at radius 1 is 1.09 bits per heavy atom. The van der Waals surface area contributed by atoms with E-state index < -0.39 is 0 Å². The van der Waals surface area contributed by atoms with Gasteiger partial charge in [0.1, 0.15) is 6.54 Å². The molecule has 3 aromatic rings. The molecule has 0 saturated carbocycles. The van der Waals surface area contributed by atoms with Crippen LogP contribution < -0.4 is 0 Å². The van der Waals surface area contributed by atoms with Crippen molar-refractivity contribution >= 4 is 46.4 Å². The number of amides is 2. The van der Waals surface area contributed by atoms with Crippen molar-refractivity contribution in [2.24, 2.45) is 5.92 Å². The largest absolute Gasteiger partial charge is 0.330 e. The van der Waals surface area contributed by atoms with E-state index in [2.05, 4.69) is 25.3 Å². The first-order valence-corrected chi connectivity index (χ1v) is 13.1. The van der Waals surface area contributed by atoms with Crippen LogP contribution in [0.15, 0.2) is 60.0 Å². The number of benzene rings is 2. The molecule has 7 heteroatoms. The highest BCUT2D eigenvalue weighted by Crippen LogP contribution is 2.41. The van der Waals surface area contributed by atoms with Crippen LogP contribution in [-0.2, 0) is 11.2 Å². The van der Waals surface area contributed by atoms with Gasteiger partial charge in [-0.05, 0) is 65.6 Å². The Labute approximate surface area is 215 Å². The zero-order valence-electron chi connectivity index (χ0n) is 19.3. The van der Waals surface area contributed by atoms with Gasteiger partial charge in [-0.2, -0.15) is 0 Å². The first-order chi connectivity index (χ1) is 16.3. The second-order valence-corrected chi connectivity index (χ2v) is 10.8. The van der Waals surface area contributed by atoms with E-state index in [-0.39, 0.29) is 24.4 Å². The number of nitrogens with zero attached hydrogens (tertiary/aromatic N) is 2. The molecule has 1 aliphatic rings. The lowest BCUT2D eigenvalue weighted by atomic mass is 9.93. The maximum Gasteiger partial charge on any atom is 0.254 e. The molecule has 0 bridgehead atoms. The second kappa shape index (κ2) is 10.9. The summed E-state index contributed by atoms with van der Waals surface area (Å²) in [5, 5.41) is 3.15. The van der Waals surface area contributed by atoms with E-state index in [1.54, 1.807) is 40.5 Å². The van der Waals surface area contributed by atoms with Gasteiger partial charge in [0.25, 0.3) is 5.91 Å². The van der Waals surface area contributed by atoms with Crippen molar-refractivity contribution in [3.8, 4) is 0 Å². The number of hydrogen-bond donors (Lipinski definition) is 0. The molecule has 0 radical (unpaired) electrons. The van der Waals surface area contributed by atoms with Crippen molar-refractivity contribution < 1.29 is 9.59 Å². The van der Waals surface area contributed by atoms with E-state index in [1.165, 1.54) is 4.88 Å². The maximum atomic E-state index is 13.7. The lowest BCUT2D eigenvalue weighted by molar-refractivity contribution is -0.134. The Morgan fingerprint density at radius 3 is 2.56 bits per heavy atom. The SMILES string of the molecule is CC(C)CCN(CC(=O)N1CCc2sccc2C1c1ccc(Cl)cc1Cl)C(=O)c1ccccc1. The second-order valence-electron chi connectivity index (χ2n) is 8.98. The van der Waals surface area contributed by atoms with Crippen molar-refractivity contribution in [3.05, 3.63) is 91.6 Å². The molecule has 4 nitrogen and oxygen atoms in total. The normalized spacial score (nSPS) is 15.3. The van der Waals surface area contributed by atoms with Gasteiger partial charge in [-0.1, -0.05) is 61.3 Å². The van der Waals surface area contributed by atoms with Crippen molar-refractivity contribution in [1.29, 1.82) is 0 Å². The highest BCUT2D eigenvalue weighted by atomic mass is 35.5. The summed E-state index contributed by atoms with van der Waals surface area (Å²) in [6.45, 7) is 5.37. The van der Waals surface area contributed by atoms with Crippen LogP contribution >= 0.6 is 34.5 Å². The molecule has 1 unspecified atom stereocenters. The molecule has 2 amide bonds. The van der Waals surface area contributed by atoms with Gasteiger partial charge in [-0.15, -0.1) is 11.3 Å². The number of fused-ring (bicyclic) bond motifs is 1.